The summed E-state index contributed by atoms with van der Waals surface area (Å²) in [6, 6.07) is 16.7. The maximum Gasteiger partial charge on any atom is 0.414 e. The van der Waals surface area contributed by atoms with Gasteiger partial charge in [0.1, 0.15) is 5.75 Å². The van der Waals surface area contributed by atoms with Crippen molar-refractivity contribution in [3.05, 3.63) is 59.1 Å². The van der Waals surface area contributed by atoms with Crippen molar-refractivity contribution in [3.63, 3.8) is 0 Å². The van der Waals surface area contributed by atoms with E-state index in [9.17, 15) is 0 Å². The van der Waals surface area contributed by atoms with Crippen LogP contribution in [0, 0.1) is 0 Å². The van der Waals surface area contributed by atoms with Gasteiger partial charge < -0.3 is 20.3 Å². The fourth-order valence-corrected chi connectivity index (χ4v) is 3.30. The van der Waals surface area contributed by atoms with Crippen LogP contribution in [0.15, 0.2) is 48.5 Å². The Morgan fingerprint density at radius 2 is 1.66 bits per heavy atom. The van der Waals surface area contributed by atoms with E-state index in [1.165, 1.54) is 5.56 Å². The number of aliphatic carboxylic acids is 2. The van der Waals surface area contributed by atoms with Crippen LogP contribution < -0.4 is 10.1 Å². The molecule has 3 rings (SSSR count). The molecule has 8 heteroatoms. The molecule has 0 unspecified atom stereocenters. The molecular formula is C21H25ClN2O5. The summed E-state index contributed by atoms with van der Waals surface area (Å²) in [7, 11) is 1.73. The second-order valence-corrected chi connectivity index (χ2v) is 7.00. The fraction of sp³-hybridized carbons (Fsp3) is 0.333. The molecule has 0 radical (unpaired) electrons. The number of nitrogens with one attached hydrogen (secondary N) is 1. The Hall–Kier alpha value is -2.77. The van der Waals surface area contributed by atoms with Crippen molar-refractivity contribution in [2.24, 2.45) is 0 Å². The topological polar surface area (TPSA) is 99.1 Å². The van der Waals surface area contributed by atoms with E-state index in [0.29, 0.717) is 6.04 Å². The number of likely N-dealkylation sites (tertiary alicyclic amines) is 1. The Bertz CT molecular complexity index is 810. The van der Waals surface area contributed by atoms with E-state index < -0.39 is 11.9 Å². The molecular weight excluding hydrogens is 396 g/mol. The van der Waals surface area contributed by atoms with Crippen LogP contribution >= 0.6 is 11.6 Å². The first-order chi connectivity index (χ1) is 13.9. The van der Waals surface area contributed by atoms with Crippen LogP contribution in [0.4, 0.5) is 5.69 Å². The number of carboxylic acid groups (broad SMARTS) is 2. The van der Waals surface area contributed by atoms with E-state index in [1.54, 1.807) is 7.11 Å². The number of hydrogen-bond donors (Lipinski definition) is 3. The summed E-state index contributed by atoms with van der Waals surface area (Å²) in [4.78, 5) is 20.7. The molecule has 7 nitrogen and oxygen atoms in total. The van der Waals surface area contributed by atoms with Gasteiger partial charge in [0, 0.05) is 31.2 Å². The summed E-state index contributed by atoms with van der Waals surface area (Å²) in [5.74, 6) is -2.67. The zero-order valence-corrected chi connectivity index (χ0v) is 16.9. The average Bonchev–Trinajstić information content (AvgIpc) is 2.72. The standard InChI is InChI=1S/C19H23ClN2O.C2H2O4/c1-23-19-9-5-2-6-15(19)14-22-12-10-16(11-13-22)21-18-8-4-3-7-17(18)20;3-1(4)2(5)6/h2-9,16,21H,10-14H2,1H3;(H,3,4)(H,5,6). The van der Waals surface area contributed by atoms with Crippen molar-refractivity contribution in [2.45, 2.75) is 25.4 Å². The smallest absolute Gasteiger partial charge is 0.414 e. The summed E-state index contributed by atoms with van der Waals surface area (Å²) in [6.45, 7) is 3.11. The molecule has 156 valence electrons. The van der Waals surface area contributed by atoms with Crippen LogP contribution in [0.25, 0.3) is 0 Å². The van der Waals surface area contributed by atoms with Crippen molar-refractivity contribution in [3.8, 4) is 5.75 Å². The van der Waals surface area contributed by atoms with Crippen molar-refractivity contribution in [1.29, 1.82) is 0 Å². The van der Waals surface area contributed by atoms with Crippen LogP contribution in [0.1, 0.15) is 18.4 Å². The quantitative estimate of drug-likeness (QED) is 0.636. The molecule has 0 amide bonds. The van der Waals surface area contributed by atoms with Gasteiger partial charge in [-0.3, -0.25) is 4.90 Å². The van der Waals surface area contributed by atoms with Crippen molar-refractivity contribution < 1.29 is 24.5 Å². The van der Waals surface area contributed by atoms with Crippen LogP contribution in [-0.4, -0.2) is 53.3 Å². The molecule has 0 aliphatic carbocycles. The number of carboxylic acids is 2. The molecule has 1 aliphatic rings. The summed E-state index contributed by atoms with van der Waals surface area (Å²) >= 11 is 6.23. The third kappa shape index (κ3) is 7.29. The lowest BCUT2D eigenvalue weighted by atomic mass is 10.0. The molecule has 0 saturated carbocycles. The molecule has 1 heterocycles. The first-order valence-electron chi connectivity index (χ1n) is 9.22. The highest BCUT2D eigenvalue weighted by Gasteiger charge is 2.20. The number of methoxy groups -OCH3 is 1. The molecule has 3 N–H and O–H groups in total. The lowest BCUT2D eigenvalue weighted by molar-refractivity contribution is -0.159. The van der Waals surface area contributed by atoms with E-state index in [-0.39, 0.29) is 0 Å². The highest BCUT2D eigenvalue weighted by atomic mass is 35.5. The molecule has 0 bridgehead atoms. The maximum atomic E-state index is 9.10. The fourth-order valence-electron chi connectivity index (χ4n) is 3.11. The van der Waals surface area contributed by atoms with Gasteiger partial charge in [-0.1, -0.05) is 41.9 Å². The Balaban J connectivity index is 0.000000438. The molecule has 0 spiro atoms. The van der Waals surface area contributed by atoms with E-state index in [0.717, 1.165) is 48.9 Å². The number of ether oxygens (including phenoxy) is 1. The van der Waals surface area contributed by atoms with Gasteiger partial charge >= 0.3 is 11.9 Å². The SMILES string of the molecule is COc1ccccc1CN1CCC(Nc2ccccc2Cl)CC1.O=C(O)C(=O)O. The van der Waals surface area contributed by atoms with Gasteiger partial charge in [-0.15, -0.1) is 0 Å². The first-order valence-corrected chi connectivity index (χ1v) is 9.60. The second-order valence-electron chi connectivity index (χ2n) is 6.60. The van der Waals surface area contributed by atoms with E-state index in [4.69, 9.17) is 36.1 Å². The minimum Gasteiger partial charge on any atom is -0.496 e. The Morgan fingerprint density at radius 3 is 2.24 bits per heavy atom. The number of nitrogens with zero attached hydrogens (tertiary/aromatic N) is 1. The number of benzene rings is 2. The van der Waals surface area contributed by atoms with Gasteiger partial charge in [0.25, 0.3) is 0 Å². The lowest BCUT2D eigenvalue weighted by Gasteiger charge is -2.33. The van der Waals surface area contributed by atoms with Crippen LogP contribution in [0.3, 0.4) is 0 Å². The molecule has 2 aromatic rings. The van der Waals surface area contributed by atoms with Gasteiger partial charge in [-0.25, -0.2) is 9.59 Å². The van der Waals surface area contributed by atoms with Crippen molar-refractivity contribution in [2.75, 3.05) is 25.5 Å². The second kappa shape index (κ2) is 11.3. The highest BCUT2D eigenvalue weighted by molar-refractivity contribution is 6.33. The van der Waals surface area contributed by atoms with Gasteiger partial charge in [-0.05, 0) is 31.0 Å². The number of rotatable bonds is 5. The predicted octanol–water partition coefficient (Wildman–Crippen LogP) is 3.58. The predicted molar refractivity (Wildman–Crippen MR) is 112 cm³/mol. The highest BCUT2D eigenvalue weighted by Crippen LogP contribution is 2.25. The minimum absolute atomic E-state index is 0.490. The average molecular weight is 421 g/mol. The summed E-state index contributed by atoms with van der Waals surface area (Å²) in [5.41, 5.74) is 2.30. The van der Waals surface area contributed by atoms with E-state index >= 15 is 0 Å². The molecule has 1 fully saturated rings. The van der Waals surface area contributed by atoms with Gasteiger partial charge in [0.2, 0.25) is 0 Å². The number of anilines is 1. The summed E-state index contributed by atoms with van der Waals surface area (Å²) in [5, 5.41) is 19.2. The Morgan fingerprint density at radius 1 is 1.07 bits per heavy atom. The molecule has 2 aromatic carbocycles. The molecule has 0 atom stereocenters. The third-order valence-electron chi connectivity index (χ3n) is 4.59. The third-order valence-corrected chi connectivity index (χ3v) is 4.92. The summed E-state index contributed by atoms with van der Waals surface area (Å²) in [6.07, 6.45) is 2.25. The lowest BCUT2D eigenvalue weighted by Crippen LogP contribution is -2.38. The number of piperidine rings is 1. The van der Waals surface area contributed by atoms with E-state index in [2.05, 4.69) is 22.3 Å². The number of carbonyl (C=O) groups is 2. The van der Waals surface area contributed by atoms with Crippen LogP contribution in [-0.2, 0) is 16.1 Å². The van der Waals surface area contributed by atoms with Gasteiger partial charge in [0.15, 0.2) is 0 Å². The molecule has 0 aromatic heterocycles. The van der Waals surface area contributed by atoms with Crippen LogP contribution in [0.5, 0.6) is 5.75 Å². The normalized spacial score (nSPS) is 14.4. The molecule has 29 heavy (non-hydrogen) atoms. The van der Waals surface area contributed by atoms with Gasteiger partial charge in [0.05, 0.1) is 17.8 Å². The minimum atomic E-state index is -1.82. The monoisotopic (exact) mass is 420 g/mol. The number of halogens is 1. The Labute approximate surface area is 174 Å². The zero-order chi connectivity index (χ0) is 21.2. The van der Waals surface area contributed by atoms with E-state index in [1.807, 2.05) is 36.4 Å². The Kier molecular flexibility index (Phi) is 8.76. The maximum absolute atomic E-state index is 9.10. The van der Waals surface area contributed by atoms with Crippen molar-refractivity contribution in [1.82, 2.24) is 4.90 Å². The van der Waals surface area contributed by atoms with Crippen molar-refractivity contribution >= 4 is 29.2 Å². The largest absolute Gasteiger partial charge is 0.496 e. The number of hydrogen-bond acceptors (Lipinski definition) is 5. The molecule has 1 saturated heterocycles. The molecule has 1 aliphatic heterocycles. The van der Waals surface area contributed by atoms with Crippen LogP contribution in [0.2, 0.25) is 5.02 Å². The number of para-hydroxylation sites is 2. The first kappa shape index (κ1) is 22.5. The zero-order valence-electron chi connectivity index (χ0n) is 16.2. The van der Waals surface area contributed by atoms with Gasteiger partial charge in [-0.2, -0.15) is 0 Å². The summed E-state index contributed by atoms with van der Waals surface area (Å²) < 4.78 is 5.45.